The summed E-state index contributed by atoms with van der Waals surface area (Å²) < 4.78 is 22.8. The molecule has 0 saturated heterocycles. The van der Waals surface area contributed by atoms with Gasteiger partial charge in [-0.3, -0.25) is 14.9 Å². The zero-order valence-corrected chi connectivity index (χ0v) is 12.2. The number of non-ortho nitro benzene ring substituents is 1. The number of amides is 1. The normalized spacial score (nSPS) is 15.3. The molecular weight excluding hydrogens is 298 g/mol. The molecule has 1 fully saturated rings. The number of rotatable bonds is 4. The van der Waals surface area contributed by atoms with E-state index in [9.17, 15) is 23.3 Å². The van der Waals surface area contributed by atoms with E-state index >= 15 is 0 Å². The van der Waals surface area contributed by atoms with Crippen molar-refractivity contribution in [3.8, 4) is 0 Å². The molecule has 0 atom stereocenters. The molecule has 0 aromatic heterocycles. The van der Waals surface area contributed by atoms with Gasteiger partial charge in [0.2, 0.25) is 10.0 Å². The van der Waals surface area contributed by atoms with Crippen molar-refractivity contribution >= 4 is 21.6 Å². The van der Waals surface area contributed by atoms with Crippen molar-refractivity contribution < 1.29 is 18.1 Å². The average Bonchev–Trinajstić information content (AvgIpc) is 2.34. The van der Waals surface area contributed by atoms with E-state index < -0.39 is 31.4 Å². The molecule has 114 valence electrons. The molecule has 9 heteroatoms. The van der Waals surface area contributed by atoms with Gasteiger partial charge in [0.25, 0.3) is 11.6 Å². The number of nitrogens with zero attached hydrogens (tertiary/aromatic N) is 2. The zero-order valence-electron chi connectivity index (χ0n) is 11.4. The Bertz CT molecular complexity index is 697. The van der Waals surface area contributed by atoms with E-state index in [0.29, 0.717) is 0 Å². The van der Waals surface area contributed by atoms with Crippen LogP contribution in [0.4, 0.5) is 5.69 Å². The molecule has 2 N–H and O–H groups in total. The van der Waals surface area contributed by atoms with Crippen molar-refractivity contribution in [2.45, 2.75) is 30.2 Å². The van der Waals surface area contributed by atoms with Crippen molar-refractivity contribution in [2.75, 3.05) is 7.05 Å². The van der Waals surface area contributed by atoms with Gasteiger partial charge in [0.1, 0.15) is 0 Å². The Hall–Kier alpha value is -2.00. The highest BCUT2D eigenvalue weighted by Gasteiger charge is 2.28. The number of hydrogen-bond donors (Lipinski definition) is 1. The summed E-state index contributed by atoms with van der Waals surface area (Å²) in [5.41, 5.74) is -0.533. The minimum atomic E-state index is -4.13. The van der Waals surface area contributed by atoms with Gasteiger partial charge in [-0.25, -0.2) is 13.6 Å². The maximum Gasteiger partial charge on any atom is 0.271 e. The largest absolute Gasteiger partial charge is 0.339 e. The highest BCUT2D eigenvalue weighted by atomic mass is 32.2. The molecule has 21 heavy (non-hydrogen) atoms. The van der Waals surface area contributed by atoms with Crippen LogP contribution in [-0.4, -0.2) is 37.2 Å². The van der Waals surface area contributed by atoms with Gasteiger partial charge in [0.05, 0.1) is 9.82 Å². The lowest BCUT2D eigenvalue weighted by Crippen LogP contribution is -2.41. The van der Waals surface area contributed by atoms with E-state index in [2.05, 4.69) is 0 Å². The van der Waals surface area contributed by atoms with Crippen LogP contribution in [0, 0.1) is 10.1 Å². The maximum absolute atomic E-state index is 12.3. The van der Waals surface area contributed by atoms with Crippen LogP contribution in [0.2, 0.25) is 0 Å². The third-order valence-corrected chi connectivity index (χ3v) is 4.51. The summed E-state index contributed by atoms with van der Waals surface area (Å²) in [4.78, 5) is 23.5. The Morgan fingerprint density at radius 1 is 1.38 bits per heavy atom. The van der Waals surface area contributed by atoms with Crippen molar-refractivity contribution in [3.05, 3.63) is 33.9 Å². The van der Waals surface area contributed by atoms with Crippen LogP contribution in [0.1, 0.15) is 29.6 Å². The molecule has 0 unspecified atom stereocenters. The Morgan fingerprint density at radius 2 is 2.00 bits per heavy atom. The number of nitrogens with two attached hydrogens (primary N) is 1. The van der Waals surface area contributed by atoms with Gasteiger partial charge in [0, 0.05) is 30.8 Å². The fourth-order valence-corrected chi connectivity index (χ4v) is 2.70. The van der Waals surface area contributed by atoms with Crippen LogP contribution < -0.4 is 5.14 Å². The van der Waals surface area contributed by atoms with E-state index in [1.807, 2.05) is 0 Å². The Labute approximate surface area is 121 Å². The molecule has 1 aliphatic rings. The van der Waals surface area contributed by atoms with Crippen LogP contribution in [0.3, 0.4) is 0 Å². The number of benzene rings is 1. The van der Waals surface area contributed by atoms with E-state index in [4.69, 9.17) is 5.14 Å². The molecule has 1 amide bonds. The number of nitro groups is 1. The van der Waals surface area contributed by atoms with Crippen molar-refractivity contribution in [2.24, 2.45) is 5.14 Å². The number of carbonyl (C=O) groups excluding carboxylic acids is 1. The van der Waals surface area contributed by atoms with E-state index in [1.54, 1.807) is 7.05 Å². The minimum absolute atomic E-state index is 0.0531. The first kappa shape index (κ1) is 15.4. The highest BCUT2D eigenvalue weighted by Crippen LogP contribution is 2.26. The van der Waals surface area contributed by atoms with Crippen molar-refractivity contribution in [1.82, 2.24) is 4.90 Å². The summed E-state index contributed by atoms with van der Waals surface area (Å²) in [5.74, 6) is -0.451. The quantitative estimate of drug-likeness (QED) is 0.652. The summed E-state index contributed by atoms with van der Waals surface area (Å²) in [6.07, 6.45) is 2.78. The van der Waals surface area contributed by atoms with Gasteiger partial charge in [-0.2, -0.15) is 0 Å². The third-order valence-electron chi connectivity index (χ3n) is 3.62. The molecule has 0 bridgehead atoms. The first-order valence-corrected chi connectivity index (χ1v) is 7.84. The van der Waals surface area contributed by atoms with E-state index in [1.165, 1.54) is 4.90 Å². The number of carbonyl (C=O) groups is 1. The summed E-state index contributed by atoms with van der Waals surface area (Å²) in [7, 11) is -2.53. The zero-order chi connectivity index (χ0) is 15.8. The molecular formula is C12H15N3O5S. The van der Waals surface area contributed by atoms with Gasteiger partial charge in [-0.05, 0) is 25.3 Å². The molecule has 2 rings (SSSR count). The predicted octanol–water partition coefficient (Wildman–Crippen LogP) is 0.867. The third kappa shape index (κ3) is 3.19. The first-order chi connectivity index (χ1) is 9.70. The molecule has 8 nitrogen and oxygen atoms in total. The number of sulfonamides is 1. The second-order valence-corrected chi connectivity index (χ2v) is 6.58. The fraction of sp³-hybridized carbons (Fsp3) is 0.417. The van der Waals surface area contributed by atoms with Gasteiger partial charge in [-0.15, -0.1) is 0 Å². The number of nitro benzene ring substituents is 1. The summed E-state index contributed by atoms with van der Waals surface area (Å²) in [5, 5.41) is 15.9. The first-order valence-electron chi connectivity index (χ1n) is 6.29. The summed E-state index contributed by atoms with van der Waals surface area (Å²) >= 11 is 0. The molecule has 0 spiro atoms. The van der Waals surface area contributed by atoms with Crippen LogP contribution in [0.15, 0.2) is 23.1 Å². The lowest BCUT2D eigenvalue weighted by molar-refractivity contribution is -0.385. The minimum Gasteiger partial charge on any atom is -0.339 e. The standard InChI is InChI=1S/C12H15N3O5S/c1-14(9-3-2-4-9)12(16)8-5-10(15(17)18)7-11(6-8)21(13,19)20/h5-7,9H,2-4H2,1H3,(H2,13,19,20). The molecule has 1 aliphatic carbocycles. The lowest BCUT2D eigenvalue weighted by atomic mass is 9.91. The fourth-order valence-electron chi connectivity index (χ4n) is 2.12. The van der Waals surface area contributed by atoms with E-state index in [0.717, 1.165) is 37.5 Å². The number of hydrogen-bond acceptors (Lipinski definition) is 5. The Morgan fingerprint density at radius 3 is 2.43 bits per heavy atom. The van der Waals surface area contributed by atoms with Crippen LogP contribution in [0.5, 0.6) is 0 Å². The smallest absolute Gasteiger partial charge is 0.271 e. The molecule has 1 aromatic rings. The monoisotopic (exact) mass is 313 g/mol. The van der Waals surface area contributed by atoms with E-state index in [-0.39, 0.29) is 11.6 Å². The van der Waals surface area contributed by atoms with Gasteiger partial charge in [0.15, 0.2) is 0 Å². The summed E-state index contributed by atoms with van der Waals surface area (Å²) in [6.45, 7) is 0. The maximum atomic E-state index is 12.3. The summed E-state index contributed by atoms with van der Waals surface area (Å²) in [6, 6.07) is 3.07. The van der Waals surface area contributed by atoms with Gasteiger partial charge >= 0.3 is 0 Å². The Balaban J connectivity index is 2.44. The van der Waals surface area contributed by atoms with Gasteiger partial charge in [-0.1, -0.05) is 0 Å². The van der Waals surface area contributed by atoms with Crippen LogP contribution >= 0.6 is 0 Å². The van der Waals surface area contributed by atoms with Crippen LogP contribution in [-0.2, 0) is 10.0 Å². The Kier molecular flexibility index (Phi) is 3.97. The molecule has 0 aliphatic heterocycles. The second-order valence-electron chi connectivity index (χ2n) is 5.02. The van der Waals surface area contributed by atoms with Crippen molar-refractivity contribution in [1.29, 1.82) is 0 Å². The number of primary sulfonamides is 1. The molecule has 0 heterocycles. The average molecular weight is 313 g/mol. The molecule has 0 radical (unpaired) electrons. The van der Waals surface area contributed by atoms with Crippen LogP contribution in [0.25, 0.3) is 0 Å². The topological polar surface area (TPSA) is 124 Å². The predicted molar refractivity (Wildman–Crippen MR) is 74.2 cm³/mol. The van der Waals surface area contributed by atoms with Crippen molar-refractivity contribution in [3.63, 3.8) is 0 Å². The molecule has 1 saturated carbocycles. The molecule has 1 aromatic carbocycles. The second kappa shape index (κ2) is 5.41. The lowest BCUT2D eigenvalue weighted by Gasteiger charge is -2.34. The SMILES string of the molecule is CN(C(=O)c1cc([N+](=O)[O-])cc(S(N)(=O)=O)c1)C1CCC1. The van der Waals surface area contributed by atoms with Gasteiger partial charge < -0.3 is 4.90 Å². The highest BCUT2D eigenvalue weighted by molar-refractivity contribution is 7.89.